The number of aliphatic carboxylic acids is 1. The molecule has 0 atom stereocenters. The second-order valence-electron chi connectivity index (χ2n) is 4.23. The molecule has 104 valence electrons. The lowest BCUT2D eigenvalue weighted by molar-refractivity contribution is -0.136. The molecule has 6 heteroatoms. The molecule has 0 saturated carbocycles. The van der Waals surface area contributed by atoms with Crippen LogP contribution in [-0.2, 0) is 11.2 Å². The number of hydrogen-bond acceptors (Lipinski definition) is 4. The molecule has 2 rings (SSSR count). The summed E-state index contributed by atoms with van der Waals surface area (Å²) in [6.45, 7) is 1.72. The van der Waals surface area contributed by atoms with Gasteiger partial charge in [0.25, 0.3) is 0 Å². The average molecular weight is 276 g/mol. The third-order valence-corrected chi connectivity index (χ3v) is 2.65. The van der Waals surface area contributed by atoms with E-state index in [-0.39, 0.29) is 12.2 Å². The Balaban J connectivity index is 2.54. The molecule has 0 aliphatic carbocycles. The molecular weight excluding hydrogens is 263 g/mol. The Morgan fingerprint density at radius 3 is 2.75 bits per heavy atom. The van der Waals surface area contributed by atoms with Gasteiger partial charge in [-0.25, -0.2) is 14.4 Å². The number of carbonyl (C=O) groups is 1. The minimum atomic E-state index is -1.02. The molecule has 0 aliphatic rings. The summed E-state index contributed by atoms with van der Waals surface area (Å²) in [4.78, 5) is 18.9. The van der Waals surface area contributed by atoms with E-state index in [2.05, 4.69) is 9.97 Å². The Bertz CT molecular complexity index is 659. The van der Waals surface area contributed by atoms with Crippen LogP contribution in [0.5, 0.6) is 5.75 Å². The van der Waals surface area contributed by atoms with E-state index >= 15 is 0 Å². The minimum Gasteiger partial charge on any atom is -0.496 e. The zero-order valence-corrected chi connectivity index (χ0v) is 11.1. The number of halogens is 1. The Hall–Kier alpha value is -2.50. The third-order valence-electron chi connectivity index (χ3n) is 2.65. The Morgan fingerprint density at radius 1 is 1.35 bits per heavy atom. The third kappa shape index (κ3) is 3.09. The zero-order chi connectivity index (χ0) is 14.7. The van der Waals surface area contributed by atoms with Gasteiger partial charge in [0, 0.05) is 11.3 Å². The highest BCUT2D eigenvalue weighted by Gasteiger charge is 2.12. The van der Waals surface area contributed by atoms with Crippen molar-refractivity contribution >= 4 is 5.97 Å². The summed E-state index contributed by atoms with van der Waals surface area (Å²) >= 11 is 0. The van der Waals surface area contributed by atoms with Gasteiger partial charge in [-0.3, -0.25) is 4.79 Å². The first-order valence-corrected chi connectivity index (χ1v) is 5.90. The van der Waals surface area contributed by atoms with E-state index in [4.69, 9.17) is 9.84 Å². The van der Waals surface area contributed by atoms with E-state index < -0.39 is 11.8 Å². The van der Waals surface area contributed by atoms with Crippen molar-refractivity contribution in [2.24, 2.45) is 0 Å². The van der Waals surface area contributed by atoms with Crippen molar-refractivity contribution in [3.05, 3.63) is 41.6 Å². The Morgan fingerprint density at radius 2 is 2.10 bits per heavy atom. The highest BCUT2D eigenvalue weighted by molar-refractivity contribution is 5.70. The molecular formula is C14H13FN2O3. The Kier molecular flexibility index (Phi) is 3.93. The smallest absolute Gasteiger partial charge is 0.311 e. The van der Waals surface area contributed by atoms with Gasteiger partial charge in [-0.15, -0.1) is 0 Å². The van der Waals surface area contributed by atoms with Crippen LogP contribution in [0.4, 0.5) is 4.39 Å². The maximum absolute atomic E-state index is 13.4. The molecule has 0 radical (unpaired) electrons. The number of aromatic nitrogens is 2. The number of hydrogen-bond donors (Lipinski definition) is 1. The van der Waals surface area contributed by atoms with E-state index in [0.717, 1.165) is 0 Å². The lowest BCUT2D eigenvalue weighted by Crippen LogP contribution is -2.07. The summed E-state index contributed by atoms with van der Waals surface area (Å²) < 4.78 is 18.6. The predicted molar refractivity (Wildman–Crippen MR) is 70.1 cm³/mol. The Labute approximate surface area is 115 Å². The van der Waals surface area contributed by atoms with Crippen LogP contribution in [0, 0.1) is 12.7 Å². The molecule has 1 aromatic heterocycles. The number of carboxylic acids is 1. The van der Waals surface area contributed by atoms with E-state index in [1.54, 1.807) is 13.0 Å². The molecule has 0 amide bonds. The lowest BCUT2D eigenvalue weighted by Gasteiger charge is -2.09. The molecule has 0 unspecified atom stereocenters. The van der Waals surface area contributed by atoms with Crippen molar-refractivity contribution in [2.75, 3.05) is 7.11 Å². The first kappa shape index (κ1) is 13.9. The fourth-order valence-electron chi connectivity index (χ4n) is 1.86. The van der Waals surface area contributed by atoms with Crippen LogP contribution in [-0.4, -0.2) is 28.2 Å². The van der Waals surface area contributed by atoms with Crippen LogP contribution in [0.3, 0.4) is 0 Å². The van der Waals surface area contributed by atoms with Crippen molar-refractivity contribution in [3.8, 4) is 17.0 Å². The molecule has 0 aliphatic heterocycles. The summed E-state index contributed by atoms with van der Waals surface area (Å²) in [5, 5.41) is 8.80. The number of carboxylic acid groups (broad SMARTS) is 1. The summed E-state index contributed by atoms with van der Waals surface area (Å²) in [5.41, 5.74) is 1.51. The van der Waals surface area contributed by atoms with Gasteiger partial charge in [-0.05, 0) is 31.2 Å². The first-order valence-electron chi connectivity index (χ1n) is 5.90. The molecule has 1 heterocycles. The summed E-state index contributed by atoms with van der Waals surface area (Å²) in [6.07, 6.45) is -0.285. The number of nitrogens with zero attached hydrogens (tertiary/aromatic N) is 2. The standard InChI is InChI=1S/C14H13FN2O3/c1-8-5-11(17-13(16-8)7-14(18)19)10-6-9(15)3-4-12(10)20-2/h3-6H,7H2,1-2H3,(H,18,19). The molecule has 0 bridgehead atoms. The number of benzene rings is 1. The van der Waals surface area contributed by atoms with Crippen molar-refractivity contribution < 1.29 is 19.0 Å². The van der Waals surface area contributed by atoms with Gasteiger partial charge in [0.2, 0.25) is 0 Å². The molecule has 1 N–H and O–H groups in total. The quantitative estimate of drug-likeness (QED) is 0.927. The maximum Gasteiger partial charge on any atom is 0.311 e. The van der Waals surface area contributed by atoms with Gasteiger partial charge in [-0.2, -0.15) is 0 Å². The summed E-state index contributed by atoms with van der Waals surface area (Å²) in [5.74, 6) is -0.797. The molecule has 0 fully saturated rings. The van der Waals surface area contributed by atoms with E-state index in [1.807, 2.05) is 0 Å². The van der Waals surface area contributed by atoms with E-state index in [0.29, 0.717) is 22.7 Å². The van der Waals surface area contributed by atoms with Crippen LogP contribution in [0.1, 0.15) is 11.5 Å². The largest absolute Gasteiger partial charge is 0.496 e. The first-order chi connectivity index (χ1) is 9.49. The van der Waals surface area contributed by atoms with Crippen molar-refractivity contribution in [3.63, 3.8) is 0 Å². The van der Waals surface area contributed by atoms with Crippen molar-refractivity contribution in [2.45, 2.75) is 13.3 Å². The molecule has 0 saturated heterocycles. The number of aryl methyl sites for hydroxylation is 1. The topological polar surface area (TPSA) is 72.3 Å². The molecule has 2 aromatic rings. The van der Waals surface area contributed by atoms with Gasteiger partial charge in [0.15, 0.2) is 0 Å². The number of rotatable bonds is 4. The number of ether oxygens (including phenoxy) is 1. The predicted octanol–water partition coefficient (Wildman–Crippen LogP) is 2.23. The number of methoxy groups -OCH3 is 1. The van der Waals surface area contributed by atoms with Gasteiger partial charge < -0.3 is 9.84 Å². The fraction of sp³-hybridized carbons (Fsp3) is 0.214. The van der Waals surface area contributed by atoms with Gasteiger partial charge in [0.05, 0.1) is 12.8 Å². The van der Waals surface area contributed by atoms with Crippen molar-refractivity contribution in [1.82, 2.24) is 9.97 Å². The lowest BCUT2D eigenvalue weighted by atomic mass is 10.1. The molecule has 0 spiro atoms. The van der Waals surface area contributed by atoms with Gasteiger partial charge in [0.1, 0.15) is 23.8 Å². The molecule has 1 aromatic carbocycles. The van der Waals surface area contributed by atoms with E-state index in [9.17, 15) is 9.18 Å². The van der Waals surface area contributed by atoms with Crippen LogP contribution < -0.4 is 4.74 Å². The summed E-state index contributed by atoms with van der Waals surface area (Å²) in [6, 6.07) is 5.74. The molecule has 20 heavy (non-hydrogen) atoms. The average Bonchev–Trinajstić information content (AvgIpc) is 2.37. The van der Waals surface area contributed by atoms with Crippen LogP contribution in [0.2, 0.25) is 0 Å². The van der Waals surface area contributed by atoms with Gasteiger partial charge in [-0.1, -0.05) is 0 Å². The van der Waals surface area contributed by atoms with Gasteiger partial charge >= 0.3 is 5.97 Å². The highest BCUT2D eigenvalue weighted by Crippen LogP contribution is 2.29. The van der Waals surface area contributed by atoms with Crippen LogP contribution in [0.25, 0.3) is 11.3 Å². The SMILES string of the molecule is COc1ccc(F)cc1-c1cc(C)nc(CC(=O)O)n1. The monoisotopic (exact) mass is 276 g/mol. The zero-order valence-electron chi connectivity index (χ0n) is 11.1. The fourth-order valence-corrected chi connectivity index (χ4v) is 1.86. The minimum absolute atomic E-state index is 0.179. The van der Waals surface area contributed by atoms with Crippen LogP contribution in [0.15, 0.2) is 24.3 Å². The van der Waals surface area contributed by atoms with E-state index in [1.165, 1.54) is 25.3 Å². The normalized spacial score (nSPS) is 10.3. The van der Waals surface area contributed by atoms with Crippen molar-refractivity contribution in [1.29, 1.82) is 0 Å². The second-order valence-corrected chi connectivity index (χ2v) is 4.23. The molecule has 5 nitrogen and oxygen atoms in total. The second kappa shape index (κ2) is 5.64. The maximum atomic E-state index is 13.4. The summed E-state index contributed by atoms with van der Waals surface area (Å²) in [7, 11) is 1.48. The van der Waals surface area contributed by atoms with Crippen LogP contribution >= 0.6 is 0 Å². The highest BCUT2D eigenvalue weighted by atomic mass is 19.1.